The van der Waals surface area contributed by atoms with Crippen molar-refractivity contribution in [3.8, 4) is 5.75 Å². The maximum atomic E-state index is 11.7. The molecule has 6 nitrogen and oxygen atoms in total. The molecule has 0 saturated heterocycles. The number of hydroxylamine groups is 1. The van der Waals surface area contributed by atoms with Gasteiger partial charge in [-0.1, -0.05) is 24.3 Å². The van der Waals surface area contributed by atoms with Gasteiger partial charge in [-0.15, -0.1) is 0 Å². The topological polar surface area (TPSA) is 88.5 Å². The zero-order valence-electron chi connectivity index (χ0n) is 9.81. The fourth-order valence-corrected chi connectivity index (χ4v) is 2.06. The van der Waals surface area contributed by atoms with Crippen LogP contribution in [-0.4, -0.2) is 22.0 Å². The summed E-state index contributed by atoms with van der Waals surface area (Å²) in [5.74, 6) is -1.75. The third-order valence-electron chi connectivity index (χ3n) is 2.34. The number of nitrogens with zero attached hydrogens (tertiary/aromatic N) is 1. The molecule has 0 spiro atoms. The molecule has 0 radical (unpaired) electrons. The molecule has 0 fully saturated rings. The lowest BCUT2D eigenvalue weighted by molar-refractivity contribution is -0.146. The van der Waals surface area contributed by atoms with Crippen LogP contribution in [0.3, 0.4) is 0 Å². The van der Waals surface area contributed by atoms with Crippen LogP contribution >= 0.6 is 15.9 Å². The Balaban J connectivity index is 2.47. The maximum absolute atomic E-state index is 11.7. The van der Waals surface area contributed by atoms with Crippen molar-refractivity contribution >= 4 is 38.6 Å². The number of halogens is 1. The summed E-state index contributed by atoms with van der Waals surface area (Å²) in [7, 11) is 0. The second kappa shape index (κ2) is 5.23. The van der Waals surface area contributed by atoms with E-state index in [1.54, 1.807) is 24.3 Å². The molecule has 19 heavy (non-hydrogen) atoms. The van der Waals surface area contributed by atoms with Crippen LogP contribution in [0.5, 0.6) is 5.75 Å². The summed E-state index contributed by atoms with van der Waals surface area (Å²) < 4.78 is 0.411. The van der Waals surface area contributed by atoms with Gasteiger partial charge in [0.05, 0.1) is 0 Å². The molecule has 1 heterocycles. The summed E-state index contributed by atoms with van der Waals surface area (Å²) in [6.07, 6.45) is 0. The normalized spacial score (nSPS) is 10.2. The molecule has 0 saturated carbocycles. The highest BCUT2D eigenvalue weighted by atomic mass is 79.9. The number of benzene rings is 1. The van der Waals surface area contributed by atoms with Crippen LogP contribution in [0.1, 0.15) is 17.4 Å². The Morgan fingerprint density at radius 2 is 1.95 bits per heavy atom. The van der Waals surface area contributed by atoms with Gasteiger partial charge in [-0.3, -0.25) is 9.59 Å². The van der Waals surface area contributed by atoms with Crippen LogP contribution in [0, 0.1) is 0 Å². The number of hydrogen-bond acceptors (Lipinski definition) is 5. The molecule has 0 aliphatic carbocycles. The van der Waals surface area contributed by atoms with Gasteiger partial charge in [0.1, 0.15) is 4.60 Å². The minimum absolute atomic E-state index is 0.230. The monoisotopic (exact) mass is 324 g/mol. The zero-order valence-corrected chi connectivity index (χ0v) is 11.4. The molecule has 0 unspecified atom stereocenters. The van der Waals surface area contributed by atoms with E-state index in [1.807, 2.05) is 5.48 Å². The number of aromatic nitrogens is 1. The number of rotatable bonds is 1. The second-order valence-electron chi connectivity index (χ2n) is 3.67. The molecule has 1 aromatic heterocycles. The van der Waals surface area contributed by atoms with Gasteiger partial charge in [0.2, 0.25) is 0 Å². The minimum Gasteiger partial charge on any atom is -0.505 e. The van der Waals surface area contributed by atoms with Gasteiger partial charge in [-0.05, 0) is 15.9 Å². The molecule has 2 rings (SSSR count). The summed E-state index contributed by atoms with van der Waals surface area (Å²) in [4.78, 5) is 30.7. The third-order valence-corrected chi connectivity index (χ3v) is 2.95. The first-order valence-electron chi connectivity index (χ1n) is 5.25. The summed E-state index contributed by atoms with van der Waals surface area (Å²) in [6, 6.07) is 6.91. The number of fused-ring (bicyclic) bond motifs is 1. The van der Waals surface area contributed by atoms with E-state index in [4.69, 9.17) is 0 Å². The van der Waals surface area contributed by atoms with Gasteiger partial charge in [0.15, 0.2) is 11.4 Å². The van der Waals surface area contributed by atoms with Gasteiger partial charge < -0.3 is 9.94 Å². The second-order valence-corrected chi connectivity index (χ2v) is 4.42. The van der Waals surface area contributed by atoms with E-state index in [-0.39, 0.29) is 11.4 Å². The number of hydrogen-bond donors (Lipinski definition) is 2. The summed E-state index contributed by atoms with van der Waals surface area (Å²) in [5, 5.41) is 11.2. The number of carbonyl (C=O) groups excluding carboxylic acids is 2. The largest absolute Gasteiger partial charge is 0.505 e. The van der Waals surface area contributed by atoms with Crippen LogP contribution in [0.25, 0.3) is 10.8 Å². The van der Waals surface area contributed by atoms with E-state index in [1.165, 1.54) is 0 Å². The van der Waals surface area contributed by atoms with Gasteiger partial charge in [0.25, 0.3) is 0 Å². The molecular formula is C12H9BrN2O4. The third kappa shape index (κ3) is 2.65. The standard InChI is InChI=1S/C12H9BrN2O4/c1-6(16)19-15-12(18)9-10(17)7-4-2-3-5-8(7)11(13)14-9/h2-5,17H,1H3,(H,15,18). The lowest BCUT2D eigenvalue weighted by atomic mass is 10.1. The Morgan fingerprint density at radius 1 is 1.32 bits per heavy atom. The van der Waals surface area contributed by atoms with Crippen LogP contribution in [0.2, 0.25) is 0 Å². The molecule has 1 aromatic carbocycles. The van der Waals surface area contributed by atoms with Gasteiger partial charge >= 0.3 is 11.9 Å². The van der Waals surface area contributed by atoms with E-state index in [0.29, 0.717) is 15.4 Å². The lowest BCUT2D eigenvalue weighted by Gasteiger charge is -2.08. The van der Waals surface area contributed by atoms with Crippen molar-refractivity contribution in [1.82, 2.24) is 10.5 Å². The van der Waals surface area contributed by atoms with Gasteiger partial charge in [0, 0.05) is 17.7 Å². The summed E-state index contributed by atoms with van der Waals surface area (Å²) in [6.45, 7) is 1.14. The Morgan fingerprint density at radius 3 is 2.58 bits per heavy atom. The minimum atomic E-state index is -0.806. The van der Waals surface area contributed by atoms with Crippen molar-refractivity contribution in [3.05, 3.63) is 34.6 Å². The SMILES string of the molecule is CC(=O)ONC(=O)c1nc(Br)c2ccccc2c1O. The molecule has 98 valence electrons. The first-order valence-corrected chi connectivity index (χ1v) is 6.05. The summed E-state index contributed by atoms with van der Waals surface area (Å²) >= 11 is 3.22. The molecule has 1 amide bonds. The van der Waals surface area contributed by atoms with Crippen LogP contribution < -0.4 is 5.48 Å². The first-order chi connectivity index (χ1) is 9.00. The van der Waals surface area contributed by atoms with Crippen LogP contribution in [0.15, 0.2) is 28.9 Å². The molecule has 2 aromatic rings. The lowest BCUT2D eigenvalue weighted by Crippen LogP contribution is -2.26. The molecule has 7 heteroatoms. The molecule has 0 aliphatic heterocycles. The highest BCUT2D eigenvalue weighted by molar-refractivity contribution is 9.10. The van der Waals surface area contributed by atoms with Crippen molar-refractivity contribution in [1.29, 1.82) is 0 Å². The van der Waals surface area contributed by atoms with Gasteiger partial charge in [-0.2, -0.15) is 5.48 Å². The fourth-order valence-electron chi connectivity index (χ4n) is 1.53. The van der Waals surface area contributed by atoms with E-state index >= 15 is 0 Å². The number of aromatic hydroxyl groups is 1. The quantitative estimate of drug-likeness (QED) is 0.618. The van der Waals surface area contributed by atoms with Crippen molar-refractivity contribution in [2.45, 2.75) is 6.92 Å². The molecule has 2 N–H and O–H groups in total. The van der Waals surface area contributed by atoms with E-state index in [9.17, 15) is 14.7 Å². The number of amides is 1. The summed E-state index contributed by atoms with van der Waals surface area (Å²) in [5.41, 5.74) is 1.67. The van der Waals surface area contributed by atoms with Crippen molar-refractivity contribution < 1.29 is 19.5 Å². The zero-order chi connectivity index (χ0) is 14.0. The average Bonchev–Trinajstić information content (AvgIpc) is 2.40. The van der Waals surface area contributed by atoms with E-state index in [0.717, 1.165) is 6.92 Å². The van der Waals surface area contributed by atoms with Crippen LogP contribution in [0.4, 0.5) is 0 Å². The molecule has 0 bridgehead atoms. The molecular weight excluding hydrogens is 316 g/mol. The Hall–Kier alpha value is -2.15. The predicted octanol–water partition coefficient (Wildman–Crippen LogP) is 1.91. The van der Waals surface area contributed by atoms with Crippen molar-refractivity contribution in [2.24, 2.45) is 0 Å². The highest BCUT2D eigenvalue weighted by Gasteiger charge is 2.18. The highest BCUT2D eigenvalue weighted by Crippen LogP contribution is 2.31. The first kappa shape index (κ1) is 13.3. The van der Waals surface area contributed by atoms with Crippen molar-refractivity contribution in [3.63, 3.8) is 0 Å². The Kier molecular flexibility index (Phi) is 3.66. The fraction of sp³-hybridized carbons (Fsp3) is 0.0833. The van der Waals surface area contributed by atoms with E-state index < -0.39 is 11.9 Å². The van der Waals surface area contributed by atoms with Gasteiger partial charge in [-0.25, -0.2) is 4.98 Å². The molecule has 0 aliphatic rings. The van der Waals surface area contributed by atoms with E-state index in [2.05, 4.69) is 25.8 Å². The Bertz CT molecular complexity index is 672. The number of nitrogens with one attached hydrogen (secondary N) is 1. The maximum Gasteiger partial charge on any atom is 0.329 e. The van der Waals surface area contributed by atoms with Crippen molar-refractivity contribution in [2.75, 3.05) is 0 Å². The number of carbonyl (C=O) groups is 2. The smallest absolute Gasteiger partial charge is 0.329 e. The Labute approximate surface area is 116 Å². The molecule has 0 atom stereocenters. The predicted molar refractivity (Wildman–Crippen MR) is 70.3 cm³/mol. The average molecular weight is 325 g/mol. The number of pyridine rings is 1. The van der Waals surface area contributed by atoms with Crippen LogP contribution in [-0.2, 0) is 9.63 Å².